The molecule has 18 heavy (non-hydrogen) atoms. The van der Waals surface area contributed by atoms with Crippen molar-refractivity contribution in [3.05, 3.63) is 12.3 Å². The third-order valence-electron chi connectivity index (χ3n) is 2.25. The van der Waals surface area contributed by atoms with Crippen molar-refractivity contribution in [1.82, 2.24) is 9.80 Å². The van der Waals surface area contributed by atoms with Crippen LogP contribution in [0, 0.1) is 0 Å². The van der Waals surface area contributed by atoms with E-state index < -0.39 is 11.7 Å². The first kappa shape index (κ1) is 14.5. The average molecular weight is 254 g/mol. The Bertz CT molecular complexity index is 352. The third kappa shape index (κ3) is 4.77. The highest BCUT2D eigenvalue weighted by molar-refractivity contribution is 5.99. The standard InChI is InChI=1S/C13H22N2O3/c1-13(2,3)18-12(17)15(10-6-7-10)11(16)8-9-14(4)5/h8-10H,6-7H2,1-5H3/b9-8+. The average Bonchev–Trinajstić information content (AvgIpc) is 2.96. The van der Waals surface area contributed by atoms with Gasteiger partial charge in [-0.05, 0) is 33.6 Å². The van der Waals surface area contributed by atoms with Gasteiger partial charge in [-0.1, -0.05) is 0 Å². The predicted octanol–water partition coefficient (Wildman–Crippen LogP) is 1.99. The topological polar surface area (TPSA) is 49.9 Å². The van der Waals surface area contributed by atoms with Crippen LogP contribution in [-0.2, 0) is 9.53 Å². The second-order valence-electron chi connectivity index (χ2n) is 5.70. The minimum absolute atomic E-state index is 0.000776. The van der Waals surface area contributed by atoms with Crippen LogP contribution in [0.5, 0.6) is 0 Å². The van der Waals surface area contributed by atoms with E-state index in [0.717, 1.165) is 12.8 Å². The van der Waals surface area contributed by atoms with Crippen LogP contribution in [0.15, 0.2) is 12.3 Å². The van der Waals surface area contributed by atoms with Gasteiger partial charge in [-0.15, -0.1) is 0 Å². The maximum atomic E-state index is 12.0. The van der Waals surface area contributed by atoms with Crippen LogP contribution in [0.1, 0.15) is 33.6 Å². The second kappa shape index (κ2) is 5.42. The van der Waals surface area contributed by atoms with Gasteiger partial charge in [-0.25, -0.2) is 9.69 Å². The number of nitrogens with zero attached hydrogens (tertiary/aromatic N) is 2. The van der Waals surface area contributed by atoms with Gasteiger partial charge in [0.2, 0.25) is 0 Å². The molecule has 2 amide bonds. The maximum Gasteiger partial charge on any atom is 0.417 e. The first-order valence-corrected chi connectivity index (χ1v) is 6.11. The third-order valence-corrected chi connectivity index (χ3v) is 2.25. The van der Waals surface area contributed by atoms with Crippen molar-refractivity contribution in [3.8, 4) is 0 Å². The number of imide groups is 1. The van der Waals surface area contributed by atoms with Gasteiger partial charge in [0.25, 0.3) is 5.91 Å². The summed E-state index contributed by atoms with van der Waals surface area (Å²) in [7, 11) is 3.64. The van der Waals surface area contributed by atoms with E-state index in [1.54, 1.807) is 31.9 Å². The Morgan fingerprint density at radius 2 is 1.78 bits per heavy atom. The molecule has 0 aromatic carbocycles. The lowest BCUT2D eigenvalue weighted by atomic mass is 10.2. The number of carbonyl (C=O) groups excluding carboxylic acids is 2. The van der Waals surface area contributed by atoms with Crippen LogP contribution in [0.4, 0.5) is 4.79 Å². The fraction of sp³-hybridized carbons (Fsp3) is 0.692. The molecule has 1 rings (SSSR count). The molecule has 0 saturated heterocycles. The van der Waals surface area contributed by atoms with E-state index in [1.165, 1.54) is 11.0 Å². The molecule has 102 valence electrons. The summed E-state index contributed by atoms with van der Waals surface area (Å²) in [5, 5.41) is 0. The van der Waals surface area contributed by atoms with Crippen molar-refractivity contribution in [2.24, 2.45) is 0 Å². The van der Waals surface area contributed by atoms with Crippen LogP contribution in [-0.4, -0.2) is 47.5 Å². The molecule has 0 aliphatic heterocycles. The zero-order chi connectivity index (χ0) is 13.9. The summed E-state index contributed by atoms with van der Waals surface area (Å²) in [5.74, 6) is -0.319. The Balaban J connectivity index is 2.71. The maximum absolute atomic E-state index is 12.0. The van der Waals surface area contributed by atoms with Crippen LogP contribution in [0.25, 0.3) is 0 Å². The minimum Gasteiger partial charge on any atom is -0.443 e. The Morgan fingerprint density at radius 1 is 1.22 bits per heavy atom. The monoisotopic (exact) mass is 254 g/mol. The molecule has 5 heteroatoms. The van der Waals surface area contributed by atoms with Crippen molar-refractivity contribution in [2.45, 2.75) is 45.3 Å². The number of ether oxygens (including phenoxy) is 1. The molecule has 0 heterocycles. The molecule has 0 aromatic rings. The van der Waals surface area contributed by atoms with Crippen molar-refractivity contribution < 1.29 is 14.3 Å². The molecule has 0 atom stereocenters. The van der Waals surface area contributed by atoms with E-state index in [-0.39, 0.29) is 11.9 Å². The summed E-state index contributed by atoms with van der Waals surface area (Å²) in [6, 6.07) is -0.000776. The Morgan fingerprint density at radius 3 is 2.17 bits per heavy atom. The molecule has 1 aliphatic rings. The van der Waals surface area contributed by atoms with E-state index in [4.69, 9.17) is 4.74 Å². The summed E-state index contributed by atoms with van der Waals surface area (Å²) in [6.07, 6.45) is 4.18. The molecule has 0 bridgehead atoms. The summed E-state index contributed by atoms with van der Waals surface area (Å²) < 4.78 is 5.25. The summed E-state index contributed by atoms with van der Waals surface area (Å²) >= 11 is 0. The fourth-order valence-electron chi connectivity index (χ4n) is 1.36. The van der Waals surface area contributed by atoms with Gasteiger partial charge in [-0.3, -0.25) is 4.79 Å². The second-order valence-corrected chi connectivity index (χ2v) is 5.70. The Hall–Kier alpha value is -1.52. The molecule has 1 aliphatic carbocycles. The lowest BCUT2D eigenvalue weighted by Crippen LogP contribution is -2.41. The number of hydrogen-bond donors (Lipinski definition) is 0. The van der Waals surface area contributed by atoms with E-state index in [2.05, 4.69) is 0 Å². The van der Waals surface area contributed by atoms with Gasteiger partial charge in [0.15, 0.2) is 0 Å². The normalized spacial score (nSPS) is 15.6. The Kier molecular flexibility index (Phi) is 4.38. The first-order valence-electron chi connectivity index (χ1n) is 6.11. The Labute approximate surface area is 108 Å². The zero-order valence-electron chi connectivity index (χ0n) is 11.8. The largest absolute Gasteiger partial charge is 0.443 e. The number of rotatable bonds is 3. The van der Waals surface area contributed by atoms with Crippen LogP contribution >= 0.6 is 0 Å². The summed E-state index contributed by atoms with van der Waals surface area (Å²) in [6.45, 7) is 5.36. The van der Waals surface area contributed by atoms with E-state index in [0.29, 0.717) is 0 Å². The van der Waals surface area contributed by atoms with Gasteiger partial charge in [-0.2, -0.15) is 0 Å². The van der Waals surface area contributed by atoms with Crippen molar-refractivity contribution >= 4 is 12.0 Å². The highest BCUT2D eigenvalue weighted by atomic mass is 16.6. The molecule has 1 fully saturated rings. The molecule has 0 unspecified atom stereocenters. The molecular weight excluding hydrogens is 232 g/mol. The first-order chi connectivity index (χ1) is 8.20. The van der Waals surface area contributed by atoms with Crippen LogP contribution in [0.3, 0.4) is 0 Å². The molecule has 0 spiro atoms. The fourth-order valence-corrected chi connectivity index (χ4v) is 1.36. The summed E-state index contributed by atoms with van der Waals surface area (Å²) in [5.41, 5.74) is -0.588. The SMILES string of the molecule is CN(C)/C=C/C(=O)N(C(=O)OC(C)(C)C)C1CC1. The van der Waals surface area contributed by atoms with Gasteiger partial charge >= 0.3 is 6.09 Å². The van der Waals surface area contributed by atoms with E-state index in [1.807, 2.05) is 14.1 Å². The predicted molar refractivity (Wildman–Crippen MR) is 68.9 cm³/mol. The molecular formula is C13H22N2O3. The zero-order valence-corrected chi connectivity index (χ0v) is 11.8. The number of amides is 2. The summed E-state index contributed by atoms with van der Waals surface area (Å²) in [4.78, 5) is 26.9. The molecule has 5 nitrogen and oxygen atoms in total. The molecule has 1 saturated carbocycles. The van der Waals surface area contributed by atoms with Gasteiger partial charge in [0, 0.05) is 32.4 Å². The molecule has 0 N–H and O–H groups in total. The highest BCUT2D eigenvalue weighted by Gasteiger charge is 2.38. The van der Waals surface area contributed by atoms with E-state index in [9.17, 15) is 9.59 Å². The lowest BCUT2D eigenvalue weighted by Gasteiger charge is -2.25. The van der Waals surface area contributed by atoms with Crippen LogP contribution in [0.2, 0.25) is 0 Å². The van der Waals surface area contributed by atoms with Crippen molar-refractivity contribution in [3.63, 3.8) is 0 Å². The number of hydrogen-bond acceptors (Lipinski definition) is 4. The van der Waals surface area contributed by atoms with Crippen molar-refractivity contribution in [1.29, 1.82) is 0 Å². The van der Waals surface area contributed by atoms with Gasteiger partial charge in [0.1, 0.15) is 5.60 Å². The van der Waals surface area contributed by atoms with Crippen LogP contribution < -0.4 is 0 Å². The molecule has 0 radical (unpaired) electrons. The number of carbonyl (C=O) groups is 2. The lowest BCUT2D eigenvalue weighted by molar-refractivity contribution is -0.125. The van der Waals surface area contributed by atoms with Gasteiger partial charge in [0.05, 0.1) is 0 Å². The molecule has 0 aromatic heterocycles. The van der Waals surface area contributed by atoms with Gasteiger partial charge < -0.3 is 9.64 Å². The van der Waals surface area contributed by atoms with E-state index >= 15 is 0 Å². The smallest absolute Gasteiger partial charge is 0.417 e. The quantitative estimate of drug-likeness (QED) is 0.723. The van der Waals surface area contributed by atoms with Crippen molar-refractivity contribution in [2.75, 3.05) is 14.1 Å². The highest BCUT2D eigenvalue weighted by Crippen LogP contribution is 2.28. The minimum atomic E-state index is -0.588.